The SMILES string of the molecule is CC(C)OCC#Cc1cc(N2CCN(c3cc(-c4ccccc4O)nnc3N)CC[C@@H]2C)ccn1. The molecule has 182 valence electrons. The van der Waals surface area contributed by atoms with Gasteiger partial charge in [0.05, 0.1) is 17.5 Å². The molecule has 0 aliphatic carbocycles. The van der Waals surface area contributed by atoms with Crippen LogP contribution in [0.4, 0.5) is 17.2 Å². The zero-order chi connectivity index (χ0) is 24.8. The van der Waals surface area contributed by atoms with Crippen LogP contribution in [0.3, 0.4) is 0 Å². The molecule has 35 heavy (non-hydrogen) atoms. The number of para-hydroxylation sites is 1. The summed E-state index contributed by atoms with van der Waals surface area (Å²) in [6.45, 7) is 9.02. The molecule has 1 aromatic carbocycles. The van der Waals surface area contributed by atoms with Crippen LogP contribution in [0.2, 0.25) is 0 Å². The minimum absolute atomic E-state index is 0.156. The van der Waals surface area contributed by atoms with Crippen molar-refractivity contribution in [1.82, 2.24) is 15.2 Å². The second-order valence-corrected chi connectivity index (χ2v) is 8.90. The van der Waals surface area contributed by atoms with Gasteiger partial charge in [-0.15, -0.1) is 10.2 Å². The highest BCUT2D eigenvalue weighted by atomic mass is 16.5. The Kier molecular flexibility index (Phi) is 7.68. The fourth-order valence-corrected chi connectivity index (χ4v) is 4.15. The lowest BCUT2D eigenvalue weighted by Gasteiger charge is -2.29. The number of hydrogen-bond donors (Lipinski definition) is 2. The highest BCUT2D eigenvalue weighted by Gasteiger charge is 2.24. The molecular formula is C27H32N6O2. The zero-order valence-electron chi connectivity index (χ0n) is 20.5. The molecule has 2 aromatic heterocycles. The normalized spacial score (nSPS) is 16.1. The second-order valence-electron chi connectivity index (χ2n) is 8.90. The first-order valence-electron chi connectivity index (χ1n) is 11.9. The van der Waals surface area contributed by atoms with Crippen molar-refractivity contribution in [2.75, 3.05) is 41.8 Å². The van der Waals surface area contributed by atoms with Crippen molar-refractivity contribution in [3.63, 3.8) is 0 Å². The highest BCUT2D eigenvalue weighted by Crippen LogP contribution is 2.32. The van der Waals surface area contributed by atoms with Crippen LogP contribution in [0.15, 0.2) is 48.7 Å². The van der Waals surface area contributed by atoms with Crippen molar-refractivity contribution in [3.8, 4) is 28.8 Å². The number of rotatable bonds is 5. The summed E-state index contributed by atoms with van der Waals surface area (Å²) < 4.78 is 5.50. The summed E-state index contributed by atoms with van der Waals surface area (Å²) in [6.07, 6.45) is 2.91. The molecule has 3 aromatic rings. The molecule has 1 aliphatic heterocycles. The molecule has 0 saturated carbocycles. The lowest BCUT2D eigenvalue weighted by Crippen LogP contribution is -2.35. The molecule has 0 amide bonds. The van der Waals surface area contributed by atoms with Gasteiger partial charge in [-0.3, -0.25) is 0 Å². The average Bonchev–Trinajstić information content (AvgIpc) is 3.04. The van der Waals surface area contributed by atoms with Crippen LogP contribution in [0.25, 0.3) is 11.3 Å². The van der Waals surface area contributed by atoms with Gasteiger partial charge in [0.25, 0.3) is 0 Å². The Morgan fingerprint density at radius 3 is 2.77 bits per heavy atom. The summed E-state index contributed by atoms with van der Waals surface area (Å²) in [5.41, 5.74) is 10.1. The van der Waals surface area contributed by atoms with E-state index < -0.39 is 0 Å². The van der Waals surface area contributed by atoms with Crippen LogP contribution >= 0.6 is 0 Å². The van der Waals surface area contributed by atoms with Crippen molar-refractivity contribution in [1.29, 1.82) is 0 Å². The van der Waals surface area contributed by atoms with E-state index in [9.17, 15) is 5.11 Å². The lowest BCUT2D eigenvalue weighted by molar-refractivity contribution is 0.107. The number of nitrogen functional groups attached to an aromatic ring is 1. The van der Waals surface area contributed by atoms with E-state index in [1.807, 2.05) is 44.2 Å². The summed E-state index contributed by atoms with van der Waals surface area (Å²) >= 11 is 0. The molecule has 4 rings (SSSR count). The monoisotopic (exact) mass is 472 g/mol. The van der Waals surface area contributed by atoms with Gasteiger partial charge in [-0.25, -0.2) is 4.98 Å². The van der Waals surface area contributed by atoms with Gasteiger partial charge < -0.3 is 25.4 Å². The molecule has 1 fully saturated rings. The number of ether oxygens (including phenoxy) is 1. The maximum absolute atomic E-state index is 10.2. The summed E-state index contributed by atoms with van der Waals surface area (Å²) in [5.74, 6) is 6.69. The summed E-state index contributed by atoms with van der Waals surface area (Å²) in [5, 5.41) is 18.6. The molecule has 0 spiro atoms. The molecule has 1 aliphatic rings. The fraction of sp³-hybridized carbons (Fsp3) is 0.370. The Morgan fingerprint density at radius 2 is 1.97 bits per heavy atom. The number of phenolic OH excluding ortho intramolecular Hbond substituents is 1. The number of phenols is 1. The van der Waals surface area contributed by atoms with Gasteiger partial charge in [-0.1, -0.05) is 18.1 Å². The van der Waals surface area contributed by atoms with Gasteiger partial charge in [-0.05, 0) is 63.4 Å². The molecule has 1 atom stereocenters. The first-order valence-corrected chi connectivity index (χ1v) is 11.9. The molecule has 0 bridgehead atoms. The van der Waals surface area contributed by atoms with E-state index >= 15 is 0 Å². The van der Waals surface area contributed by atoms with Gasteiger partial charge in [0, 0.05) is 43.1 Å². The Morgan fingerprint density at radius 1 is 1.14 bits per heavy atom. The van der Waals surface area contributed by atoms with Gasteiger partial charge in [0.1, 0.15) is 18.1 Å². The maximum atomic E-state index is 10.2. The topological polar surface area (TPSA) is 101 Å². The largest absolute Gasteiger partial charge is 0.507 e. The quantitative estimate of drug-likeness (QED) is 0.542. The standard InChI is InChI=1S/C27H32N6O2/c1-19(2)35-16-6-7-21-17-22(10-12-29-21)33-15-14-32(13-11-20(33)3)25-18-24(30-31-27(25)28)23-8-4-5-9-26(23)34/h4-5,8-10,12,17-20,34H,11,13-16H2,1-3H3,(H2,28,31)/t20-/m0/s1. The van der Waals surface area contributed by atoms with Gasteiger partial charge in [0.2, 0.25) is 0 Å². The van der Waals surface area contributed by atoms with E-state index in [4.69, 9.17) is 10.5 Å². The van der Waals surface area contributed by atoms with Crippen LogP contribution < -0.4 is 15.5 Å². The number of hydrogen-bond acceptors (Lipinski definition) is 8. The number of nitrogens with zero attached hydrogens (tertiary/aromatic N) is 5. The number of aromatic hydroxyl groups is 1. The minimum atomic E-state index is 0.156. The molecule has 3 N–H and O–H groups in total. The van der Waals surface area contributed by atoms with E-state index in [-0.39, 0.29) is 11.9 Å². The van der Waals surface area contributed by atoms with Crippen LogP contribution in [0.1, 0.15) is 32.9 Å². The Labute approximate surface area is 206 Å². The van der Waals surface area contributed by atoms with Crippen LogP contribution in [0, 0.1) is 11.8 Å². The minimum Gasteiger partial charge on any atom is -0.507 e. The van der Waals surface area contributed by atoms with Gasteiger partial charge in [-0.2, -0.15) is 0 Å². The molecule has 0 unspecified atom stereocenters. The first kappa shape index (κ1) is 24.3. The third kappa shape index (κ3) is 6.00. The molecule has 3 heterocycles. The molecule has 0 radical (unpaired) electrons. The van der Waals surface area contributed by atoms with Crippen molar-refractivity contribution in [2.24, 2.45) is 0 Å². The molecule has 1 saturated heterocycles. The Balaban J connectivity index is 1.52. The summed E-state index contributed by atoms with van der Waals surface area (Å²) in [7, 11) is 0. The second kappa shape index (κ2) is 11.1. The maximum Gasteiger partial charge on any atom is 0.169 e. The third-order valence-corrected chi connectivity index (χ3v) is 6.06. The predicted molar refractivity (Wildman–Crippen MR) is 139 cm³/mol. The van der Waals surface area contributed by atoms with Crippen LogP contribution in [-0.2, 0) is 4.74 Å². The van der Waals surface area contributed by atoms with Gasteiger partial charge in [0.15, 0.2) is 5.82 Å². The van der Waals surface area contributed by atoms with Crippen molar-refractivity contribution in [2.45, 2.75) is 39.3 Å². The Hall–Kier alpha value is -3.83. The summed E-state index contributed by atoms with van der Waals surface area (Å²) in [6, 6.07) is 13.4. The van der Waals surface area contributed by atoms with Crippen molar-refractivity contribution >= 4 is 17.2 Å². The molecule has 8 nitrogen and oxygen atoms in total. The first-order chi connectivity index (χ1) is 16.9. The molecular weight excluding hydrogens is 440 g/mol. The van der Waals surface area contributed by atoms with E-state index in [0.717, 1.165) is 43.1 Å². The van der Waals surface area contributed by atoms with Crippen molar-refractivity contribution < 1.29 is 9.84 Å². The smallest absolute Gasteiger partial charge is 0.169 e. The predicted octanol–water partition coefficient (Wildman–Crippen LogP) is 3.71. The summed E-state index contributed by atoms with van der Waals surface area (Å²) in [4.78, 5) is 9.03. The van der Waals surface area contributed by atoms with Crippen molar-refractivity contribution in [3.05, 3.63) is 54.4 Å². The number of anilines is 3. The highest BCUT2D eigenvalue weighted by molar-refractivity contribution is 5.74. The van der Waals surface area contributed by atoms with Crippen LogP contribution in [0.5, 0.6) is 5.75 Å². The number of pyridine rings is 1. The van der Waals surface area contributed by atoms with Crippen LogP contribution in [-0.4, -0.2) is 58.7 Å². The third-order valence-electron chi connectivity index (χ3n) is 6.06. The average molecular weight is 473 g/mol. The number of aromatic nitrogens is 3. The van der Waals surface area contributed by atoms with E-state index in [1.54, 1.807) is 18.3 Å². The lowest BCUT2D eigenvalue weighted by atomic mass is 10.1. The number of nitrogens with two attached hydrogens (primary N) is 1. The fourth-order valence-electron chi connectivity index (χ4n) is 4.15. The number of benzene rings is 1. The van der Waals surface area contributed by atoms with E-state index in [1.165, 1.54) is 0 Å². The van der Waals surface area contributed by atoms with E-state index in [2.05, 4.69) is 43.7 Å². The van der Waals surface area contributed by atoms with Gasteiger partial charge >= 0.3 is 0 Å². The Bertz CT molecular complexity index is 1220. The van der Waals surface area contributed by atoms with E-state index in [0.29, 0.717) is 29.7 Å². The zero-order valence-corrected chi connectivity index (χ0v) is 20.5. The molecule has 8 heteroatoms.